The van der Waals surface area contributed by atoms with E-state index in [2.05, 4.69) is 0 Å². The second-order valence-corrected chi connectivity index (χ2v) is 7.06. The normalized spacial score (nSPS) is 11.5. The largest absolute Gasteiger partial charge is 0.484 e. The highest BCUT2D eigenvalue weighted by Gasteiger charge is 2.28. The molecule has 0 bridgehead atoms. The number of hydrogen-bond acceptors (Lipinski definition) is 4. The third kappa shape index (κ3) is 7.11. The summed E-state index contributed by atoms with van der Waals surface area (Å²) in [4.78, 5) is 25.3. The topological polar surface area (TPSA) is 46.6 Å². The predicted octanol–water partition coefficient (Wildman–Crippen LogP) is 4.66. The Kier molecular flexibility index (Phi) is 7.28. The maximum Gasteiger partial charge on any atom is 0.446 e. The fourth-order valence-electron chi connectivity index (χ4n) is 2.06. The second kappa shape index (κ2) is 9.45. The average molecular weight is 409 g/mol. The Morgan fingerprint density at radius 3 is 2.39 bits per heavy atom. The van der Waals surface area contributed by atoms with E-state index in [0.29, 0.717) is 16.9 Å². The van der Waals surface area contributed by atoms with Gasteiger partial charge in [0.2, 0.25) is 0 Å². The van der Waals surface area contributed by atoms with Crippen LogP contribution in [0.3, 0.4) is 0 Å². The van der Waals surface area contributed by atoms with E-state index in [1.807, 2.05) is 0 Å². The monoisotopic (exact) mass is 409 g/mol. The number of ketones is 1. The van der Waals surface area contributed by atoms with Gasteiger partial charge in [-0.05, 0) is 47.7 Å². The summed E-state index contributed by atoms with van der Waals surface area (Å²) in [6, 6.07) is 12.1. The molecule has 1 amide bonds. The van der Waals surface area contributed by atoms with Gasteiger partial charge < -0.3 is 9.64 Å². The van der Waals surface area contributed by atoms with Gasteiger partial charge in [-0.15, -0.1) is 0 Å². The molecule has 4 nitrogen and oxygen atoms in total. The van der Waals surface area contributed by atoms with Crippen molar-refractivity contribution in [1.29, 1.82) is 0 Å². The van der Waals surface area contributed by atoms with Crippen LogP contribution in [0.5, 0.6) is 5.75 Å². The van der Waals surface area contributed by atoms with Crippen LogP contribution in [0.2, 0.25) is 0 Å². The molecule has 0 aliphatic rings. The number of allylic oxidation sites excluding steroid dienone is 1. The SMILES string of the molecule is CN(C)C(=O)COc1cccc(C(=O)C=Cc2ccc(SC(F)(F)F)cc2)c1. The van der Waals surface area contributed by atoms with E-state index in [9.17, 15) is 22.8 Å². The van der Waals surface area contributed by atoms with Crippen LogP contribution >= 0.6 is 11.8 Å². The Hall–Kier alpha value is -2.74. The van der Waals surface area contributed by atoms with E-state index in [4.69, 9.17) is 4.74 Å². The van der Waals surface area contributed by atoms with Gasteiger partial charge in [0.25, 0.3) is 5.91 Å². The Labute approximate surface area is 165 Å². The fraction of sp³-hybridized carbons (Fsp3) is 0.200. The minimum absolute atomic E-state index is 0.0769. The van der Waals surface area contributed by atoms with Crippen molar-refractivity contribution in [3.8, 4) is 5.75 Å². The zero-order valence-corrected chi connectivity index (χ0v) is 16.0. The first-order valence-corrected chi connectivity index (χ1v) is 8.97. The van der Waals surface area contributed by atoms with Crippen LogP contribution in [0.1, 0.15) is 15.9 Å². The highest BCUT2D eigenvalue weighted by Crippen LogP contribution is 2.36. The fourth-order valence-corrected chi connectivity index (χ4v) is 2.60. The Morgan fingerprint density at radius 1 is 1.11 bits per heavy atom. The summed E-state index contributed by atoms with van der Waals surface area (Å²) in [5.74, 6) is -0.107. The molecule has 0 N–H and O–H groups in total. The summed E-state index contributed by atoms with van der Waals surface area (Å²) in [7, 11) is 3.23. The molecule has 0 aliphatic carbocycles. The van der Waals surface area contributed by atoms with E-state index in [1.165, 1.54) is 47.4 Å². The molecule has 0 saturated heterocycles. The molecule has 0 unspecified atom stereocenters. The van der Waals surface area contributed by atoms with Crippen LogP contribution in [0, 0.1) is 0 Å². The molecule has 28 heavy (non-hydrogen) atoms. The third-order valence-electron chi connectivity index (χ3n) is 3.52. The van der Waals surface area contributed by atoms with Crippen molar-refractivity contribution in [2.45, 2.75) is 10.4 Å². The standard InChI is InChI=1S/C20H18F3NO3S/c1-24(2)19(26)13-27-16-5-3-4-15(12-16)18(25)11-8-14-6-9-17(10-7-14)28-20(21,22)23/h3-12H,13H2,1-2H3. The van der Waals surface area contributed by atoms with E-state index in [0.717, 1.165) is 0 Å². The average Bonchev–Trinajstić information content (AvgIpc) is 2.64. The van der Waals surface area contributed by atoms with Crippen LogP contribution < -0.4 is 4.74 Å². The Balaban J connectivity index is 2.00. The lowest BCUT2D eigenvalue weighted by Gasteiger charge is -2.11. The van der Waals surface area contributed by atoms with Crippen molar-refractivity contribution >= 4 is 29.5 Å². The first-order chi connectivity index (χ1) is 13.1. The van der Waals surface area contributed by atoms with Crippen molar-refractivity contribution in [1.82, 2.24) is 4.90 Å². The number of halogens is 3. The van der Waals surface area contributed by atoms with Gasteiger partial charge in [-0.25, -0.2) is 0 Å². The highest BCUT2D eigenvalue weighted by molar-refractivity contribution is 8.00. The molecule has 0 aliphatic heterocycles. The maximum atomic E-state index is 12.3. The molecule has 0 saturated carbocycles. The van der Waals surface area contributed by atoms with Crippen molar-refractivity contribution in [3.63, 3.8) is 0 Å². The van der Waals surface area contributed by atoms with Crippen LogP contribution in [0.4, 0.5) is 13.2 Å². The zero-order valence-electron chi connectivity index (χ0n) is 15.2. The number of carbonyl (C=O) groups excluding carboxylic acids is 2. The van der Waals surface area contributed by atoms with Crippen molar-refractivity contribution < 1.29 is 27.5 Å². The van der Waals surface area contributed by atoms with Gasteiger partial charge in [-0.1, -0.05) is 30.3 Å². The first-order valence-electron chi connectivity index (χ1n) is 8.15. The molecule has 2 rings (SSSR count). The van der Waals surface area contributed by atoms with E-state index in [-0.39, 0.29) is 35.0 Å². The Morgan fingerprint density at radius 2 is 1.79 bits per heavy atom. The van der Waals surface area contributed by atoms with E-state index in [1.54, 1.807) is 32.3 Å². The van der Waals surface area contributed by atoms with Gasteiger partial charge >= 0.3 is 5.51 Å². The van der Waals surface area contributed by atoms with Gasteiger partial charge in [0.1, 0.15) is 5.75 Å². The number of likely N-dealkylation sites (N-methyl/N-ethyl adjacent to an activating group) is 1. The van der Waals surface area contributed by atoms with E-state index < -0.39 is 5.51 Å². The number of thioether (sulfide) groups is 1. The number of carbonyl (C=O) groups is 2. The molecule has 0 spiro atoms. The number of amides is 1. The van der Waals surface area contributed by atoms with Crippen molar-refractivity contribution in [2.75, 3.05) is 20.7 Å². The highest BCUT2D eigenvalue weighted by atomic mass is 32.2. The smallest absolute Gasteiger partial charge is 0.446 e. The molecule has 0 heterocycles. The lowest BCUT2D eigenvalue weighted by Crippen LogP contribution is -2.27. The molecule has 0 fully saturated rings. The predicted molar refractivity (Wildman–Crippen MR) is 102 cm³/mol. The van der Waals surface area contributed by atoms with Gasteiger partial charge in [0.05, 0.1) is 0 Å². The molecule has 0 atom stereocenters. The van der Waals surface area contributed by atoms with Gasteiger partial charge in [0.15, 0.2) is 12.4 Å². The van der Waals surface area contributed by atoms with Crippen LogP contribution in [-0.2, 0) is 4.79 Å². The Bertz CT molecular complexity index is 862. The molecule has 8 heteroatoms. The molecular formula is C20H18F3NO3S. The van der Waals surface area contributed by atoms with Crippen LogP contribution in [0.15, 0.2) is 59.5 Å². The summed E-state index contributed by atoms with van der Waals surface area (Å²) < 4.78 is 42.4. The summed E-state index contributed by atoms with van der Waals surface area (Å²) >= 11 is -0.191. The van der Waals surface area contributed by atoms with Gasteiger partial charge in [0, 0.05) is 24.6 Å². The first kappa shape index (κ1) is 21.6. The molecule has 0 radical (unpaired) electrons. The number of benzene rings is 2. The quantitative estimate of drug-likeness (QED) is 0.379. The maximum absolute atomic E-state index is 12.3. The number of nitrogens with zero attached hydrogens (tertiary/aromatic N) is 1. The molecule has 2 aromatic carbocycles. The number of rotatable bonds is 7. The number of alkyl halides is 3. The number of hydrogen-bond donors (Lipinski definition) is 0. The van der Waals surface area contributed by atoms with Gasteiger partial charge in [-0.2, -0.15) is 13.2 Å². The zero-order chi connectivity index (χ0) is 20.7. The third-order valence-corrected chi connectivity index (χ3v) is 4.26. The van der Waals surface area contributed by atoms with Crippen LogP contribution in [0.25, 0.3) is 6.08 Å². The van der Waals surface area contributed by atoms with Crippen molar-refractivity contribution in [3.05, 3.63) is 65.7 Å². The minimum atomic E-state index is -4.34. The van der Waals surface area contributed by atoms with Gasteiger partial charge in [-0.3, -0.25) is 9.59 Å². The lowest BCUT2D eigenvalue weighted by atomic mass is 10.1. The lowest BCUT2D eigenvalue weighted by molar-refractivity contribution is -0.130. The summed E-state index contributed by atoms with van der Waals surface area (Å²) in [5, 5.41) is 0. The molecule has 2 aromatic rings. The second-order valence-electron chi connectivity index (χ2n) is 5.92. The summed E-state index contributed by atoms with van der Waals surface area (Å²) in [5.41, 5.74) is -3.36. The minimum Gasteiger partial charge on any atom is -0.484 e. The number of ether oxygens (including phenoxy) is 1. The molecule has 148 valence electrons. The molecule has 0 aromatic heterocycles. The molecular weight excluding hydrogens is 391 g/mol. The summed E-state index contributed by atoms with van der Waals surface area (Å²) in [6.07, 6.45) is 2.85. The summed E-state index contributed by atoms with van der Waals surface area (Å²) in [6.45, 7) is -0.136. The van der Waals surface area contributed by atoms with Crippen molar-refractivity contribution in [2.24, 2.45) is 0 Å². The van der Waals surface area contributed by atoms with Crippen LogP contribution in [-0.4, -0.2) is 42.8 Å². The van der Waals surface area contributed by atoms with E-state index >= 15 is 0 Å².